The second-order valence-corrected chi connectivity index (χ2v) is 6.25. The number of furan rings is 1. The maximum Gasteiger partial charge on any atom is 0.227 e. The van der Waals surface area contributed by atoms with Gasteiger partial charge in [0.05, 0.1) is 5.69 Å². The molecule has 0 N–H and O–H groups in total. The SMILES string of the molecule is Cc1ccc(-c2cccc3c2oc2nc(C(C)C)ccc23)nc1. The largest absolute Gasteiger partial charge is 0.437 e. The Bertz CT molecular complexity index is 997. The Morgan fingerprint density at radius 1 is 0.957 bits per heavy atom. The van der Waals surface area contributed by atoms with Crippen LogP contribution in [0.25, 0.3) is 33.3 Å². The summed E-state index contributed by atoms with van der Waals surface area (Å²) in [5.41, 5.74) is 5.68. The summed E-state index contributed by atoms with van der Waals surface area (Å²) in [5, 5.41) is 2.14. The molecule has 0 atom stereocenters. The standard InChI is InChI=1S/C20H18N2O/c1-12(2)17-10-8-15-14-5-4-6-16(19(14)23-20(15)22-17)18-9-7-13(3)11-21-18/h4-12H,1-3H3. The third-order valence-corrected chi connectivity index (χ3v) is 4.16. The summed E-state index contributed by atoms with van der Waals surface area (Å²) in [7, 11) is 0. The van der Waals surface area contributed by atoms with Crippen molar-refractivity contribution in [2.24, 2.45) is 0 Å². The first kappa shape index (κ1) is 13.9. The van der Waals surface area contributed by atoms with Crippen molar-refractivity contribution in [2.45, 2.75) is 26.7 Å². The number of para-hydroxylation sites is 1. The first-order valence-corrected chi connectivity index (χ1v) is 7.88. The van der Waals surface area contributed by atoms with Gasteiger partial charge < -0.3 is 4.42 Å². The highest BCUT2D eigenvalue weighted by Gasteiger charge is 2.14. The van der Waals surface area contributed by atoms with Crippen LogP contribution in [0.2, 0.25) is 0 Å². The summed E-state index contributed by atoms with van der Waals surface area (Å²) in [6.45, 7) is 6.31. The van der Waals surface area contributed by atoms with E-state index in [-0.39, 0.29) is 0 Å². The van der Waals surface area contributed by atoms with Gasteiger partial charge in [-0.3, -0.25) is 4.98 Å². The molecular formula is C20H18N2O. The van der Waals surface area contributed by atoms with Gasteiger partial charge in [0.15, 0.2) is 0 Å². The first-order valence-electron chi connectivity index (χ1n) is 7.88. The van der Waals surface area contributed by atoms with Gasteiger partial charge in [-0.1, -0.05) is 32.0 Å². The molecule has 0 aliphatic carbocycles. The minimum Gasteiger partial charge on any atom is -0.437 e. The summed E-state index contributed by atoms with van der Waals surface area (Å²) in [5.74, 6) is 0.380. The number of aryl methyl sites for hydroxylation is 1. The molecule has 0 aliphatic heterocycles. The van der Waals surface area contributed by atoms with Crippen LogP contribution in [0.3, 0.4) is 0 Å². The molecule has 0 saturated carbocycles. The number of hydrogen-bond donors (Lipinski definition) is 0. The van der Waals surface area contributed by atoms with Crippen molar-refractivity contribution in [1.82, 2.24) is 9.97 Å². The zero-order valence-electron chi connectivity index (χ0n) is 13.5. The Morgan fingerprint density at radius 3 is 2.57 bits per heavy atom. The number of hydrogen-bond acceptors (Lipinski definition) is 3. The third kappa shape index (κ3) is 2.29. The van der Waals surface area contributed by atoms with Crippen LogP contribution in [-0.2, 0) is 0 Å². The molecule has 3 heterocycles. The molecule has 0 radical (unpaired) electrons. The molecule has 0 bridgehead atoms. The Hall–Kier alpha value is -2.68. The molecule has 1 aromatic carbocycles. The molecule has 23 heavy (non-hydrogen) atoms. The Morgan fingerprint density at radius 2 is 1.83 bits per heavy atom. The van der Waals surface area contributed by atoms with Crippen molar-refractivity contribution in [3.8, 4) is 11.3 Å². The third-order valence-electron chi connectivity index (χ3n) is 4.16. The van der Waals surface area contributed by atoms with E-state index in [1.165, 1.54) is 0 Å². The molecule has 114 valence electrons. The lowest BCUT2D eigenvalue weighted by Gasteiger charge is -2.02. The predicted molar refractivity (Wildman–Crippen MR) is 93.6 cm³/mol. The van der Waals surface area contributed by atoms with E-state index >= 15 is 0 Å². The molecule has 3 aromatic heterocycles. The van der Waals surface area contributed by atoms with Crippen molar-refractivity contribution in [1.29, 1.82) is 0 Å². The van der Waals surface area contributed by atoms with E-state index in [9.17, 15) is 0 Å². The quantitative estimate of drug-likeness (QED) is 0.492. The van der Waals surface area contributed by atoms with Gasteiger partial charge in [0.1, 0.15) is 5.58 Å². The van der Waals surface area contributed by atoms with Crippen LogP contribution < -0.4 is 0 Å². The number of aromatic nitrogens is 2. The summed E-state index contributed by atoms with van der Waals surface area (Å²) >= 11 is 0. The van der Waals surface area contributed by atoms with Gasteiger partial charge >= 0.3 is 0 Å². The van der Waals surface area contributed by atoms with Gasteiger partial charge in [-0.15, -0.1) is 0 Å². The molecule has 0 spiro atoms. The average Bonchev–Trinajstić information content (AvgIpc) is 2.93. The van der Waals surface area contributed by atoms with Gasteiger partial charge in [-0.05, 0) is 42.7 Å². The highest BCUT2D eigenvalue weighted by Crippen LogP contribution is 2.34. The highest BCUT2D eigenvalue weighted by molar-refractivity contribution is 6.08. The fourth-order valence-electron chi connectivity index (χ4n) is 2.84. The molecule has 0 saturated heterocycles. The van der Waals surface area contributed by atoms with Crippen molar-refractivity contribution in [3.05, 3.63) is 59.9 Å². The van der Waals surface area contributed by atoms with Crippen LogP contribution in [0, 0.1) is 6.92 Å². The molecule has 3 nitrogen and oxygen atoms in total. The van der Waals surface area contributed by atoms with Crippen LogP contribution in [0.4, 0.5) is 0 Å². The molecule has 4 aromatic rings. The highest BCUT2D eigenvalue weighted by atomic mass is 16.3. The maximum atomic E-state index is 6.11. The van der Waals surface area contributed by atoms with Crippen molar-refractivity contribution in [2.75, 3.05) is 0 Å². The zero-order chi connectivity index (χ0) is 16.0. The number of fused-ring (bicyclic) bond motifs is 3. The number of nitrogens with zero attached hydrogens (tertiary/aromatic N) is 2. The van der Waals surface area contributed by atoms with E-state index in [1.807, 2.05) is 31.3 Å². The fraction of sp³-hybridized carbons (Fsp3) is 0.200. The van der Waals surface area contributed by atoms with Crippen LogP contribution in [0.5, 0.6) is 0 Å². The lowest BCUT2D eigenvalue weighted by atomic mass is 10.1. The minimum absolute atomic E-state index is 0.380. The van der Waals surface area contributed by atoms with E-state index in [0.717, 1.165) is 38.9 Å². The van der Waals surface area contributed by atoms with Crippen LogP contribution in [-0.4, -0.2) is 9.97 Å². The molecule has 3 heteroatoms. The van der Waals surface area contributed by atoms with E-state index in [4.69, 9.17) is 4.42 Å². The van der Waals surface area contributed by atoms with Gasteiger partial charge in [0, 0.05) is 28.2 Å². The second kappa shape index (κ2) is 5.20. The number of benzene rings is 1. The minimum atomic E-state index is 0.380. The molecule has 0 fully saturated rings. The predicted octanol–water partition coefficient (Wildman–Crippen LogP) is 5.47. The molecule has 0 unspecified atom stereocenters. The summed E-state index contributed by atoms with van der Waals surface area (Å²) in [6, 6.07) is 14.5. The van der Waals surface area contributed by atoms with Crippen molar-refractivity contribution >= 4 is 22.1 Å². The van der Waals surface area contributed by atoms with Gasteiger partial charge in [0.25, 0.3) is 0 Å². The monoisotopic (exact) mass is 302 g/mol. The fourth-order valence-corrected chi connectivity index (χ4v) is 2.84. The number of rotatable bonds is 2. The van der Waals surface area contributed by atoms with Crippen molar-refractivity contribution < 1.29 is 4.42 Å². The Balaban J connectivity index is 1.99. The lowest BCUT2D eigenvalue weighted by molar-refractivity contribution is 0.648. The van der Waals surface area contributed by atoms with E-state index in [1.54, 1.807) is 0 Å². The first-order chi connectivity index (χ1) is 11.1. The smallest absolute Gasteiger partial charge is 0.227 e. The van der Waals surface area contributed by atoms with Crippen LogP contribution in [0.1, 0.15) is 31.0 Å². The summed E-state index contributed by atoms with van der Waals surface area (Å²) in [6.07, 6.45) is 1.88. The van der Waals surface area contributed by atoms with Gasteiger partial charge in [-0.25, -0.2) is 4.98 Å². The zero-order valence-corrected chi connectivity index (χ0v) is 13.5. The van der Waals surface area contributed by atoms with Gasteiger partial charge in [0.2, 0.25) is 5.71 Å². The van der Waals surface area contributed by atoms with Crippen LogP contribution in [0.15, 0.2) is 53.1 Å². The lowest BCUT2D eigenvalue weighted by Crippen LogP contribution is -1.90. The van der Waals surface area contributed by atoms with Gasteiger partial charge in [-0.2, -0.15) is 0 Å². The van der Waals surface area contributed by atoms with E-state index < -0.39 is 0 Å². The maximum absolute atomic E-state index is 6.11. The topological polar surface area (TPSA) is 38.9 Å². The molecule has 0 amide bonds. The summed E-state index contributed by atoms with van der Waals surface area (Å²) in [4.78, 5) is 9.21. The summed E-state index contributed by atoms with van der Waals surface area (Å²) < 4.78 is 6.11. The Labute approximate surface area is 135 Å². The number of pyridine rings is 2. The second-order valence-electron chi connectivity index (χ2n) is 6.25. The van der Waals surface area contributed by atoms with E-state index in [0.29, 0.717) is 11.6 Å². The molecule has 0 aliphatic rings. The van der Waals surface area contributed by atoms with Crippen LogP contribution >= 0.6 is 0 Å². The molecule has 4 rings (SSSR count). The van der Waals surface area contributed by atoms with Crippen molar-refractivity contribution in [3.63, 3.8) is 0 Å². The average molecular weight is 302 g/mol. The normalized spacial score (nSPS) is 11.7. The Kier molecular flexibility index (Phi) is 3.15. The van der Waals surface area contributed by atoms with E-state index in [2.05, 4.69) is 48.1 Å². The molecular weight excluding hydrogens is 284 g/mol.